The van der Waals surface area contributed by atoms with Crippen LogP contribution in [-0.2, 0) is 9.84 Å². The Balaban J connectivity index is 1.48. The molecule has 30 heavy (non-hydrogen) atoms. The Morgan fingerprint density at radius 3 is 2.40 bits per heavy atom. The van der Waals surface area contributed by atoms with Crippen molar-refractivity contribution in [2.24, 2.45) is 0 Å². The van der Waals surface area contributed by atoms with Crippen LogP contribution in [0.25, 0.3) is 11.3 Å². The van der Waals surface area contributed by atoms with Crippen LogP contribution in [0.15, 0.2) is 51.1 Å². The number of halogens is 4. The highest BCUT2D eigenvalue weighted by Gasteiger charge is 2.33. The first-order valence-electron chi connectivity index (χ1n) is 9.10. The average molecular weight is 534 g/mol. The summed E-state index contributed by atoms with van der Waals surface area (Å²) in [7, 11) is -3.54. The second kappa shape index (κ2) is 8.53. The molecule has 1 aliphatic rings. The number of hydrogen-bond donors (Lipinski definition) is 0. The molecule has 10 heteroatoms. The van der Waals surface area contributed by atoms with Gasteiger partial charge in [0.1, 0.15) is 11.6 Å². The number of thiazole rings is 1. The molecule has 0 radical (unpaired) electrons. The molecule has 2 heterocycles. The van der Waals surface area contributed by atoms with Gasteiger partial charge in [0.2, 0.25) is 0 Å². The minimum atomic E-state index is -3.54. The second-order valence-electron chi connectivity index (χ2n) is 6.98. The molecule has 0 unspecified atom stereocenters. The second-order valence-corrected chi connectivity index (χ2v) is 11.3. The van der Waals surface area contributed by atoms with Gasteiger partial charge in [-0.1, -0.05) is 27.5 Å². The fourth-order valence-corrected chi connectivity index (χ4v) is 7.15. The van der Waals surface area contributed by atoms with E-state index in [1.807, 2.05) is 4.90 Å². The van der Waals surface area contributed by atoms with Crippen molar-refractivity contribution >= 4 is 53.8 Å². The van der Waals surface area contributed by atoms with Gasteiger partial charge in [0.15, 0.2) is 15.0 Å². The van der Waals surface area contributed by atoms with E-state index in [-0.39, 0.29) is 9.92 Å². The van der Waals surface area contributed by atoms with Crippen LogP contribution < -0.4 is 4.90 Å². The number of hydrogen-bond acceptors (Lipinski definition) is 5. The molecule has 0 bridgehead atoms. The molecular formula is C20H16BrClF2N2O2S2. The first-order chi connectivity index (χ1) is 14.2. The van der Waals surface area contributed by atoms with E-state index in [1.165, 1.54) is 29.5 Å². The highest BCUT2D eigenvalue weighted by atomic mass is 79.9. The molecule has 4 nitrogen and oxygen atoms in total. The molecule has 3 aromatic rings. The largest absolute Gasteiger partial charge is 0.348 e. The average Bonchev–Trinajstić information content (AvgIpc) is 3.17. The zero-order valence-electron chi connectivity index (χ0n) is 15.5. The van der Waals surface area contributed by atoms with E-state index in [2.05, 4.69) is 20.9 Å². The van der Waals surface area contributed by atoms with E-state index in [9.17, 15) is 17.2 Å². The van der Waals surface area contributed by atoms with Gasteiger partial charge >= 0.3 is 0 Å². The van der Waals surface area contributed by atoms with E-state index in [0.29, 0.717) is 42.3 Å². The van der Waals surface area contributed by atoms with Crippen molar-refractivity contribution in [3.05, 3.63) is 62.9 Å². The van der Waals surface area contributed by atoms with Gasteiger partial charge in [-0.15, -0.1) is 11.3 Å². The third-order valence-corrected chi connectivity index (χ3v) is 9.14. The zero-order valence-corrected chi connectivity index (χ0v) is 19.5. The van der Waals surface area contributed by atoms with Crippen LogP contribution >= 0.6 is 38.9 Å². The first-order valence-corrected chi connectivity index (χ1v) is 12.7. The summed E-state index contributed by atoms with van der Waals surface area (Å²) < 4.78 is 53.7. The van der Waals surface area contributed by atoms with Crippen molar-refractivity contribution in [3.63, 3.8) is 0 Å². The number of nitrogens with zero attached hydrogens (tertiary/aromatic N) is 2. The third kappa shape index (κ3) is 4.39. The van der Waals surface area contributed by atoms with Crippen molar-refractivity contribution in [3.8, 4) is 11.3 Å². The quantitative estimate of drug-likeness (QED) is 0.416. The van der Waals surface area contributed by atoms with Crippen LogP contribution in [0.5, 0.6) is 0 Å². The summed E-state index contributed by atoms with van der Waals surface area (Å²) >= 11 is 10.8. The summed E-state index contributed by atoms with van der Waals surface area (Å²) in [5, 5.41) is 2.13. The lowest BCUT2D eigenvalue weighted by Crippen LogP contribution is -2.39. The Morgan fingerprint density at radius 1 is 1.10 bits per heavy atom. The molecule has 1 aromatic heterocycles. The molecule has 4 rings (SSSR count). The molecular weight excluding hydrogens is 518 g/mol. The molecule has 0 spiro atoms. The third-order valence-electron chi connectivity index (χ3n) is 5.00. The van der Waals surface area contributed by atoms with Gasteiger partial charge < -0.3 is 4.90 Å². The molecule has 2 aromatic carbocycles. The SMILES string of the molecule is O=S(=O)(c1ccc(Br)cc1Cl)C1CCN(c2nc(-c3cc(F)cc(F)c3)cs2)CC1. The van der Waals surface area contributed by atoms with Gasteiger partial charge in [0, 0.05) is 34.6 Å². The lowest BCUT2D eigenvalue weighted by atomic mass is 10.1. The predicted octanol–water partition coefficient (Wildman–Crippen LogP) is 5.95. The number of aromatic nitrogens is 1. The maximum absolute atomic E-state index is 13.5. The van der Waals surface area contributed by atoms with E-state index >= 15 is 0 Å². The number of rotatable bonds is 4. The monoisotopic (exact) mass is 532 g/mol. The van der Waals surface area contributed by atoms with Crippen molar-refractivity contribution in [2.75, 3.05) is 18.0 Å². The van der Waals surface area contributed by atoms with Crippen molar-refractivity contribution in [1.82, 2.24) is 4.98 Å². The van der Waals surface area contributed by atoms with Gasteiger partial charge in [-0.05, 0) is 43.2 Å². The molecule has 158 valence electrons. The van der Waals surface area contributed by atoms with Gasteiger partial charge in [-0.25, -0.2) is 22.2 Å². The van der Waals surface area contributed by atoms with Crippen LogP contribution in [-0.4, -0.2) is 31.7 Å². The molecule has 0 saturated carbocycles. The van der Waals surface area contributed by atoms with Crippen molar-refractivity contribution < 1.29 is 17.2 Å². The predicted molar refractivity (Wildman–Crippen MR) is 119 cm³/mol. The summed E-state index contributed by atoms with van der Waals surface area (Å²) in [6.07, 6.45) is 0.885. The maximum Gasteiger partial charge on any atom is 0.185 e. The molecule has 1 aliphatic heterocycles. The van der Waals surface area contributed by atoms with Gasteiger partial charge in [0.25, 0.3) is 0 Å². The minimum Gasteiger partial charge on any atom is -0.348 e. The normalized spacial score (nSPS) is 15.5. The minimum absolute atomic E-state index is 0.149. The number of benzene rings is 2. The van der Waals surface area contributed by atoms with Gasteiger partial charge in [-0.2, -0.15) is 0 Å². The highest BCUT2D eigenvalue weighted by molar-refractivity contribution is 9.10. The molecule has 0 N–H and O–H groups in total. The Bertz CT molecular complexity index is 1180. The molecule has 0 amide bonds. The van der Waals surface area contributed by atoms with Crippen molar-refractivity contribution in [1.29, 1.82) is 0 Å². The lowest BCUT2D eigenvalue weighted by Gasteiger charge is -2.31. The molecule has 1 fully saturated rings. The summed E-state index contributed by atoms with van der Waals surface area (Å²) in [6, 6.07) is 8.07. The molecule has 1 saturated heterocycles. The zero-order chi connectivity index (χ0) is 21.5. The highest BCUT2D eigenvalue weighted by Crippen LogP contribution is 2.34. The fourth-order valence-electron chi connectivity index (χ4n) is 3.49. The Kier molecular flexibility index (Phi) is 6.16. The number of sulfone groups is 1. The molecule has 0 aliphatic carbocycles. The standard InChI is InChI=1S/C20H16BrClF2N2O2S2/c21-13-1-2-19(17(22)9-13)30(27,28)16-3-5-26(6-4-16)20-25-18(11-29-20)12-7-14(23)10-15(24)8-12/h1-2,7-11,16H,3-6H2. The van der Waals surface area contributed by atoms with Gasteiger partial charge in [0.05, 0.1) is 20.9 Å². The van der Waals surface area contributed by atoms with Crippen LogP contribution in [0.4, 0.5) is 13.9 Å². The molecule has 0 atom stereocenters. The summed E-state index contributed by atoms with van der Waals surface area (Å²) in [6.45, 7) is 1.03. The fraction of sp³-hybridized carbons (Fsp3) is 0.250. The lowest BCUT2D eigenvalue weighted by molar-refractivity contribution is 0.529. The van der Waals surface area contributed by atoms with Crippen LogP contribution in [0.1, 0.15) is 12.8 Å². The Morgan fingerprint density at radius 2 is 1.77 bits per heavy atom. The van der Waals surface area contributed by atoms with Crippen LogP contribution in [0, 0.1) is 11.6 Å². The van der Waals surface area contributed by atoms with E-state index in [0.717, 1.165) is 10.5 Å². The topological polar surface area (TPSA) is 50.3 Å². The van der Waals surface area contributed by atoms with Crippen LogP contribution in [0.2, 0.25) is 5.02 Å². The van der Waals surface area contributed by atoms with Crippen LogP contribution in [0.3, 0.4) is 0 Å². The summed E-state index contributed by atoms with van der Waals surface area (Å²) in [5.74, 6) is -1.31. The number of piperidine rings is 1. The van der Waals surface area contributed by atoms with Crippen molar-refractivity contribution in [2.45, 2.75) is 23.0 Å². The van der Waals surface area contributed by atoms with E-state index in [1.54, 1.807) is 17.5 Å². The first kappa shape index (κ1) is 21.7. The number of anilines is 1. The Hall–Kier alpha value is -1.55. The smallest absolute Gasteiger partial charge is 0.185 e. The Labute approximate surface area is 190 Å². The summed E-state index contributed by atoms with van der Waals surface area (Å²) in [4.78, 5) is 6.64. The van der Waals surface area contributed by atoms with Gasteiger partial charge in [-0.3, -0.25) is 0 Å². The summed E-state index contributed by atoms with van der Waals surface area (Å²) in [5.41, 5.74) is 0.863. The van der Waals surface area contributed by atoms with E-state index in [4.69, 9.17) is 11.6 Å². The maximum atomic E-state index is 13.5. The van der Waals surface area contributed by atoms with E-state index < -0.39 is 26.7 Å².